The molecule has 0 aliphatic heterocycles. The van der Waals surface area contributed by atoms with Gasteiger partial charge in [-0.3, -0.25) is 4.98 Å². The summed E-state index contributed by atoms with van der Waals surface area (Å²) in [6, 6.07) is 9.39. The van der Waals surface area contributed by atoms with E-state index >= 15 is 0 Å². The van der Waals surface area contributed by atoms with Crippen LogP contribution in [0.3, 0.4) is 0 Å². The lowest BCUT2D eigenvalue weighted by atomic mass is 10.1. The van der Waals surface area contributed by atoms with Gasteiger partial charge in [-0.05, 0) is 50.6 Å². The first-order valence-corrected chi connectivity index (χ1v) is 11.3. The van der Waals surface area contributed by atoms with Crippen molar-refractivity contribution in [1.82, 2.24) is 15.0 Å². The van der Waals surface area contributed by atoms with Crippen LogP contribution in [-0.2, 0) is 26.2 Å². The van der Waals surface area contributed by atoms with E-state index in [1.165, 1.54) is 51.7 Å². The van der Waals surface area contributed by atoms with Crippen LogP contribution in [0.2, 0.25) is 0 Å². The number of rotatable bonds is 9. The molecule has 0 atom stereocenters. The van der Waals surface area contributed by atoms with Crippen molar-refractivity contribution in [3.8, 4) is 5.88 Å². The molecule has 0 spiro atoms. The maximum Gasteiger partial charge on any atom is 0.335 e. The molecule has 33 heavy (non-hydrogen) atoms. The number of benzene rings is 1. The zero-order chi connectivity index (χ0) is 24.2. The summed E-state index contributed by atoms with van der Waals surface area (Å²) >= 11 is 0. The largest absolute Gasteiger partial charge is 0.479 e. The standard InChI is InChI=1S/C22H24N4O6S/c1-15-12-24-19(20(25-15)31-4)26(33(29,30)18-6-5-11-23-13-18)17-9-7-16(8-10-17)14-32-22(2,3)21(27)28/h5-13H,14H2,1-4H3,(H,27,28). The Morgan fingerprint density at radius 1 is 1.15 bits per heavy atom. The molecular formula is C22H24N4O6S. The minimum absolute atomic E-state index is 0.0111. The third-order valence-electron chi connectivity index (χ3n) is 4.69. The monoisotopic (exact) mass is 472 g/mol. The number of hydrogen-bond donors (Lipinski definition) is 1. The highest BCUT2D eigenvalue weighted by atomic mass is 32.2. The maximum absolute atomic E-state index is 13.6. The number of carboxylic acid groups (broad SMARTS) is 1. The lowest BCUT2D eigenvalue weighted by molar-refractivity contribution is -0.162. The van der Waals surface area contributed by atoms with Crippen LogP contribution in [-0.4, -0.2) is 47.2 Å². The van der Waals surface area contributed by atoms with E-state index in [0.717, 1.165) is 4.31 Å². The van der Waals surface area contributed by atoms with Crippen molar-refractivity contribution in [2.75, 3.05) is 11.4 Å². The van der Waals surface area contributed by atoms with E-state index in [2.05, 4.69) is 15.0 Å². The second-order valence-electron chi connectivity index (χ2n) is 7.57. The van der Waals surface area contributed by atoms with Gasteiger partial charge < -0.3 is 14.6 Å². The van der Waals surface area contributed by atoms with Crippen LogP contribution < -0.4 is 9.04 Å². The molecular weight excluding hydrogens is 448 g/mol. The number of aliphatic carboxylic acids is 1. The zero-order valence-corrected chi connectivity index (χ0v) is 19.4. The summed E-state index contributed by atoms with van der Waals surface area (Å²) in [6.45, 7) is 4.65. The molecule has 0 bridgehead atoms. The van der Waals surface area contributed by atoms with E-state index in [-0.39, 0.29) is 28.9 Å². The molecule has 174 valence electrons. The van der Waals surface area contributed by atoms with Gasteiger partial charge in [0.05, 0.1) is 31.3 Å². The van der Waals surface area contributed by atoms with E-state index < -0.39 is 21.6 Å². The Bertz CT molecular complexity index is 1230. The number of anilines is 2. The van der Waals surface area contributed by atoms with Gasteiger partial charge in [-0.15, -0.1) is 0 Å². The van der Waals surface area contributed by atoms with Gasteiger partial charge in [0.2, 0.25) is 5.82 Å². The second-order valence-corrected chi connectivity index (χ2v) is 9.36. The van der Waals surface area contributed by atoms with Crippen LogP contribution in [0, 0.1) is 6.92 Å². The highest BCUT2D eigenvalue weighted by Gasteiger charge is 2.32. The van der Waals surface area contributed by atoms with Gasteiger partial charge in [0.25, 0.3) is 15.9 Å². The number of nitrogens with zero attached hydrogens (tertiary/aromatic N) is 4. The molecule has 2 heterocycles. The van der Waals surface area contributed by atoms with Crippen LogP contribution in [0.15, 0.2) is 59.9 Å². The number of aryl methyl sites for hydroxylation is 1. The molecule has 2 aromatic heterocycles. The molecule has 3 aromatic rings. The van der Waals surface area contributed by atoms with Gasteiger partial charge in [-0.25, -0.2) is 27.5 Å². The number of methoxy groups -OCH3 is 1. The fraction of sp³-hybridized carbons (Fsp3) is 0.273. The van der Waals surface area contributed by atoms with Crippen LogP contribution >= 0.6 is 0 Å². The molecule has 11 heteroatoms. The number of ether oxygens (including phenoxy) is 2. The van der Waals surface area contributed by atoms with E-state index in [4.69, 9.17) is 9.47 Å². The SMILES string of the molecule is COc1nc(C)cnc1N(c1ccc(COC(C)(C)C(=O)O)cc1)S(=O)(=O)c1cccnc1. The fourth-order valence-electron chi connectivity index (χ4n) is 2.76. The van der Waals surface area contributed by atoms with Crippen LogP contribution in [0.5, 0.6) is 5.88 Å². The van der Waals surface area contributed by atoms with Gasteiger partial charge in [-0.1, -0.05) is 12.1 Å². The van der Waals surface area contributed by atoms with Crippen molar-refractivity contribution in [2.24, 2.45) is 0 Å². The number of sulfonamides is 1. The van der Waals surface area contributed by atoms with Crippen LogP contribution in [0.25, 0.3) is 0 Å². The van der Waals surface area contributed by atoms with Crippen molar-refractivity contribution in [3.63, 3.8) is 0 Å². The predicted molar refractivity (Wildman–Crippen MR) is 120 cm³/mol. The summed E-state index contributed by atoms with van der Waals surface area (Å²) < 4.78 is 39.0. The molecule has 0 unspecified atom stereocenters. The molecule has 0 amide bonds. The van der Waals surface area contributed by atoms with Crippen molar-refractivity contribution >= 4 is 27.5 Å². The minimum atomic E-state index is -4.13. The van der Waals surface area contributed by atoms with E-state index in [9.17, 15) is 18.3 Å². The maximum atomic E-state index is 13.6. The van der Waals surface area contributed by atoms with Crippen molar-refractivity contribution in [1.29, 1.82) is 0 Å². The lowest BCUT2D eigenvalue weighted by Gasteiger charge is -2.25. The third kappa shape index (κ3) is 5.26. The normalized spacial score (nSPS) is 11.8. The number of aromatic nitrogens is 3. The number of carboxylic acids is 1. The summed E-state index contributed by atoms with van der Waals surface area (Å²) in [4.78, 5) is 23.7. The molecule has 0 saturated heterocycles. The van der Waals surface area contributed by atoms with Gasteiger partial charge >= 0.3 is 5.97 Å². The molecule has 0 saturated carbocycles. The molecule has 0 fully saturated rings. The molecule has 0 aliphatic rings. The predicted octanol–water partition coefficient (Wildman–Crippen LogP) is 3.10. The number of pyridine rings is 1. The topological polar surface area (TPSA) is 132 Å². The van der Waals surface area contributed by atoms with Crippen molar-refractivity contribution in [3.05, 3.63) is 66.2 Å². The lowest BCUT2D eigenvalue weighted by Crippen LogP contribution is -2.34. The molecule has 3 rings (SSSR count). The van der Waals surface area contributed by atoms with Gasteiger partial charge in [0.15, 0.2) is 5.60 Å². The Hall–Kier alpha value is -3.57. The van der Waals surface area contributed by atoms with Gasteiger partial charge in [0.1, 0.15) is 4.90 Å². The highest BCUT2D eigenvalue weighted by molar-refractivity contribution is 7.93. The Labute approximate surface area is 191 Å². The van der Waals surface area contributed by atoms with E-state index in [1.54, 1.807) is 31.2 Å². The first-order chi connectivity index (χ1) is 15.6. The Morgan fingerprint density at radius 2 is 1.85 bits per heavy atom. The Kier molecular flexibility index (Phi) is 6.94. The number of carbonyl (C=O) groups is 1. The van der Waals surface area contributed by atoms with Gasteiger partial charge in [0, 0.05) is 12.4 Å². The fourth-order valence-corrected chi connectivity index (χ4v) is 4.17. The Balaban J connectivity index is 2.05. The summed E-state index contributed by atoms with van der Waals surface area (Å²) in [5, 5.41) is 9.20. The minimum Gasteiger partial charge on any atom is -0.479 e. The van der Waals surface area contributed by atoms with Crippen molar-refractivity contribution < 1.29 is 27.8 Å². The average molecular weight is 473 g/mol. The second kappa shape index (κ2) is 9.51. The quantitative estimate of drug-likeness (QED) is 0.499. The molecule has 10 nitrogen and oxygen atoms in total. The molecule has 0 aliphatic carbocycles. The Morgan fingerprint density at radius 3 is 2.42 bits per heavy atom. The molecule has 1 aromatic carbocycles. The summed E-state index contributed by atoms with van der Waals surface area (Å²) in [6.07, 6.45) is 4.16. The van der Waals surface area contributed by atoms with Crippen molar-refractivity contribution in [2.45, 2.75) is 37.9 Å². The third-order valence-corrected chi connectivity index (χ3v) is 6.39. The summed E-state index contributed by atoms with van der Waals surface area (Å²) in [5.41, 5.74) is 0.132. The average Bonchev–Trinajstić information content (AvgIpc) is 2.80. The zero-order valence-electron chi connectivity index (χ0n) is 18.6. The first kappa shape index (κ1) is 24.1. The van der Waals surface area contributed by atoms with Crippen LogP contribution in [0.1, 0.15) is 25.1 Å². The first-order valence-electron chi connectivity index (χ1n) is 9.85. The molecule has 0 radical (unpaired) electrons. The summed E-state index contributed by atoms with van der Waals surface area (Å²) in [5.74, 6) is -1.06. The smallest absolute Gasteiger partial charge is 0.335 e. The highest BCUT2D eigenvalue weighted by Crippen LogP contribution is 2.36. The van der Waals surface area contributed by atoms with Crippen LogP contribution in [0.4, 0.5) is 11.5 Å². The van der Waals surface area contributed by atoms with E-state index in [1.807, 2.05) is 0 Å². The summed E-state index contributed by atoms with van der Waals surface area (Å²) in [7, 11) is -2.75. The number of hydrogen-bond acceptors (Lipinski definition) is 8. The van der Waals surface area contributed by atoms with Gasteiger partial charge in [-0.2, -0.15) is 0 Å². The van der Waals surface area contributed by atoms with E-state index in [0.29, 0.717) is 11.3 Å². The molecule has 1 N–H and O–H groups in total.